The van der Waals surface area contributed by atoms with E-state index in [-0.39, 0.29) is 0 Å². The molecule has 0 amide bonds. The second kappa shape index (κ2) is 3.13. The zero-order chi connectivity index (χ0) is 12.2. The predicted octanol–water partition coefficient (Wildman–Crippen LogP) is 2.67. The monoisotopic (exact) mass is 228 g/mol. The van der Waals surface area contributed by atoms with Crippen molar-refractivity contribution in [3.05, 3.63) is 35.5 Å². The number of H-pyrrole nitrogens is 1. The first-order valence-electron chi connectivity index (χ1n) is 5.39. The minimum absolute atomic E-state index is 0.301. The van der Waals surface area contributed by atoms with Gasteiger partial charge < -0.3 is 14.7 Å². The van der Waals surface area contributed by atoms with Crippen LogP contribution in [0.25, 0.3) is 21.9 Å². The standard InChI is InChI=1S/C13H12N2O2/c1-7-3-4-9-8(5-7)12-10(14-9)6-11(13(16)17)15(12)2/h3-6,14H,1-2H3,(H,16,17). The molecule has 3 rings (SSSR count). The highest BCUT2D eigenvalue weighted by Crippen LogP contribution is 2.28. The van der Waals surface area contributed by atoms with Crippen molar-refractivity contribution in [2.75, 3.05) is 0 Å². The number of carbonyl (C=O) groups is 1. The van der Waals surface area contributed by atoms with Crippen LogP contribution in [-0.4, -0.2) is 20.6 Å². The van der Waals surface area contributed by atoms with Gasteiger partial charge in [-0.2, -0.15) is 0 Å². The normalized spacial score (nSPS) is 11.4. The first kappa shape index (κ1) is 9.96. The Morgan fingerprint density at radius 2 is 2.06 bits per heavy atom. The number of hydrogen-bond acceptors (Lipinski definition) is 1. The Labute approximate surface area is 97.5 Å². The first-order chi connectivity index (χ1) is 8.08. The molecule has 0 bridgehead atoms. The maximum absolute atomic E-state index is 11.1. The molecule has 0 spiro atoms. The van der Waals surface area contributed by atoms with Crippen molar-refractivity contribution < 1.29 is 9.90 Å². The number of nitrogens with one attached hydrogen (secondary N) is 1. The Morgan fingerprint density at radius 3 is 2.76 bits per heavy atom. The number of fused-ring (bicyclic) bond motifs is 3. The van der Waals surface area contributed by atoms with Crippen molar-refractivity contribution in [1.29, 1.82) is 0 Å². The molecule has 1 aromatic carbocycles. The summed E-state index contributed by atoms with van der Waals surface area (Å²) in [6.07, 6.45) is 0. The Bertz CT molecular complexity index is 750. The molecule has 86 valence electrons. The number of nitrogens with zero attached hydrogens (tertiary/aromatic N) is 1. The van der Waals surface area contributed by atoms with Gasteiger partial charge >= 0.3 is 5.97 Å². The van der Waals surface area contributed by atoms with Crippen molar-refractivity contribution in [1.82, 2.24) is 9.55 Å². The number of aromatic nitrogens is 2. The van der Waals surface area contributed by atoms with Gasteiger partial charge in [-0.1, -0.05) is 11.6 Å². The summed E-state index contributed by atoms with van der Waals surface area (Å²) in [5.41, 5.74) is 4.31. The Morgan fingerprint density at radius 1 is 1.29 bits per heavy atom. The molecule has 0 radical (unpaired) electrons. The molecule has 2 N–H and O–H groups in total. The molecule has 0 aliphatic heterocycles. The molecule has 2 heterocycles. The van der Waals surface area contributed by atoms with Crippen molar-refractivity contribution in [3.63, 3.8) is 0 Å². The molecule has 4 nitrogen and oxygen atoms in total. The minimum atomic E-state index is -0.905. The molecular formula is C13H12N2O2. The summed E-state index contributed by atoms with van der Waals surface area (Å²) in [6.45, 7) is 2.03. The van der Waals surface area contributed by atoms with E-state index in [1.54, 1.807) is 17.7 Å². The minimum Gasteiger partial charge on any atom is -0.477 e. The fourth-order valence-electron chi connectivity index (χ4n) is 2.34. The average Bonchev–Trinajstić information content (AvgIpc) is 2.76. The van der Waals surface area contributed by atoms with Gasteiger partial charge in [0, 0.05) is 18.0 Å². The van der Waals surface area contributed by atoms with E-state index in [0.717, 1.165) is 27.5 Å². The molecule has 4 heteroatoms. The van der Waals surface area contributed by atoms with Crippen LogP contribution in [0, 0.1) is 6.92 Å². The molecule has 0 saturated heterocycles. The number of aryl methyl sites for hydroxylation is 2. The Hall–Kier alpha value is -2.23. The van der Waals surface area contributed by atoms with Crippen LogP contribution in [-0.2, 0) is 7.05 Å². The maximum Gasteiger partial charge on any atom is 0.352 e. The summed E-state index contributed by atoms with van der Waals surface area (Å²) in [7, 11) is 1.78. The zero-order valence-corrected chi connectivity index (χ0v) is 9.61. The topological polar surface area (TPSA) is 58.0 Å². The molecular weight excluding hydrogens is 216 g/mol. The smallest absolute Gasteiger partial charge is 0.352 e. The fraction of sp³-hybridized carbons (Fsp3) is 0.154. The first-order valence-corrected chi connectivity index (χ1v) is 5.39. The lowest BCUT2D eigenvalue weighted by Gasteiger charge is -1.99. The lowest BCUT2D eigenvalue weighted by Crippen LogP contribution is -2.03. The van der Waals surface area contributed by atoms with Crippen LogP contribution in [0.3, 0.4) is 0 Å². The van der Waals surface area contributed by atoms with E-state index >= 15 is 0 Å². The molecule has 0 unspecified atom stereocenters. The number of benzene rings is 1. The summed E-state index contributed by atoms with van der Waals surface area (Å²) >= 11 is 0. The molecule has 2 aromatic heterocycles. The molecule has 0 fully saturated rings. The van der Waals surface area contributed by atoms with E-state index in [4.69, 9.17) is 5.11 Å². The van der Waals surface area contributed by atoms with Crippen molar-refractivity contribution in [2.24, 2.45) is 7.05 Å². The lowest BCUT2D eigenvalue weighted by atomic mass is 10.2. The average molecular weight is 228 g/mol. The third-order valence-corrected chi connectivity index (χ3v) is 3.15. The number of aromatic carboxylic acids is 1. The molecule has 0 aliphatic rings. The van der Waals surface area contributed by atoms with Crippen LogP contribution in [0.4, 0.5) is 0 Å². The number of carboxylic acid groups (broad SMARTS) is 1. The van der Waals surface area contributed by atoms with Gasteiger partial charge in [0.1, 0.15) is 5.69 Å². The van der Waals surface area contributed by atoms with Crippen LogP contribution in [0.5, 0.6) is 0 Å². The number of carboxylic acids is 1. The largest absolute Gasteiger partial charge is 0.477 e. The van der Waals surface area contributed by atoms with Crippen molar-refractivity contribution in [2.45, 2.75) is 6.92 Å². The number of rotatable bonds is 1. The van der Waals surface area contributed by atoms with Gasteiger partial charge in [0.2, 0.25) is 0 Å². The van der Waals surface area contributed by atoms with Crippen LogP contribution in [0.1, 0.15) is 16.1 Å². The molecule has 3 aromatic rings. The highest BCUT2D eigenvalue weighted by atomic mass is 16.4. The molecule has 0 atom stereocenters. The Balaban J connectivity index is 2.48. The third kappa shape index (κ3) is 1.27. The zero-order valence-electron chi connectivity index (χ0n) is 9.61. The quantitative estimate of drug-likeness (QED) is 0.672. The second-order valence-electron chi connectivity index (χ2n) is 4.33. The molecule has 0 saturated carbocycles. The maximum atomic E-state index is 11.1. The summed E-state index contributed by atoms with van der Waals surface area (Å²) in [5, 5.41) is 10.1. The van der Waals surface area contributed by atoms with Crippen molar-refractivity contribution >= 4 is 27.9 Å². The Kier molecular flexibility index (Phi) is 1.84. The SMILES string of the molecule is Cc1ccc2[nH]c3cc(C(=O)O)n(C)c3c2c1. The summed E-state index contributed by atoms with van der Waals surface area (Å²) in [6, 6.07) is 7.80. The van der Waals surface area contributed by atoms with E-state index in [2.05, 4.69) is 11.1 Å². The van der Waals surface area contributed by atoms with Gasteiger partial charge in [-0.15, -0.1) is 0 Å². The van der Waals surface area contributed by atoms with Gasteiger partial charge in [0.25, 0.3) is 0 Å². The van der Waals surface area contributed by atoms with Gasteiger partial charge in [-0.3, -0.25) is 0 Å². The molecule has 17 heavy (non-hydrogen) atoms. The van der Waals surface area contributed by atoms with E-state index < -0.39 is 5.97 Å². The fourth-order valence-corrected chi connectivity index (χ4v) is 2.34. The van der Waals surface area contributed by atoms with Gasteiger partial charge in [-0.25, -0.2) is 4.79 Å². The van der Waals surface area contributed by atoms with Gasteiger partial charge in [-0.05, 0) is 25.1 Å². The summed E-state index contributed by atoms with van der Waals surface area (Å²) < 4.78 is 1.72. The van der Waals surface area contributed by atoms with E-state index in [1.165, 1.54) is 0 Å². The van der Waals surface area contributed by atoms with E-state index in [0.29, 0.717) is 5.69 Å². The summed E-state index contributed by atoms with van der Waals surface area (Å²) in [5.74, 6) is -0.905. The highest BCUT2D eigenvalue weighted by Gasteiger charge is 2.15. The van der Waals surface area contributed by atoms with E-state index in [9.17, 15) is 4.79 Å². The number of aromatic amines is 1. The lowest BCUT2D eigenvalue weighted by molar-refractivity contribution is 0.0687. The van der Waals surface area contributed by atoms with Crippen LogP contribution in [0.2, 0.25) is 0 Å². The van der Waals surface area contributed by atoms with E-state index in [1.807, 2.05) is 19.1 Å². The molecule has 0 aliphatic carbocycles. The summed E-state index contributed by atoms with van der Waals surface area (Å²) in [4.78, 5) is 14.3. The highest BCUT2D eigenvalue weighted by molar-refractivity contribution is 6.08. The number of hydrogen-bond donors (Lipinski definition) is 2. The van der Waals surface area contributed by atoms with Gasteiger partial charge in [0.05, 0.1) is 11.0 Å². The van der Waals surface area contributed by atoms with Crippen LogP contribution >= 0.6 is 0 Å². The van der Waals surface area contributed by atoms with Crippen molar-refractivity contribution in [3.8, 4) is 0 Å². The van der Waals surface area contributed by atoms with Gasteiger partial charge in [0.15, 0.2) is 0 Å². The second-order valence-corrected chi connectivity index (χ2v) is 4.33. The third-order valence-electron chi connectivity index (χ3n) is 3.15. The van der Waals surface area contributed by atoms with Crippen LogP contribution in [0.15, 0.2) is 24.3 Å². The van der Waals surface area contributed by atoms with Crippen LogP contribution < -0.4 is 0 Å². The predicted molar refractivity (Wildman–Crippen MR) is 66.5 cm³/mol.